The first-order valence-electron chi connectivity index (χ1n) is 13.1. The van der Waals surface area contributed by atoms with Crippen molar-refractivity contribution in [3.8, 4) is 0 Å². The van der Waals surface area contributed by atoms with Gasteiger partial charge in [0.15, 0.2) is 0 Å². The second-order valence-electron chi connectivity index (χ2n) is 10.4. The molecule has 4 aromatic carbocycles. The van der Waals surface area contributed by atoms with Gasteiger partial charge in [0.1, 0.15) is 0 Å². The van der Waals surface area contributed by atoms with Crippen LogP contribution in [0, 0.1) is 0 Å². The van der Waals surface area contributed by atoms with Crippen LogP contribution >= 0.6 is 0 Å². The fourth-order valence-electron chi connectivity index (χ4n) is 6.78. The van der Waals surface area contributed by atoms with E-state index in [2.05, 4.69) is 121 Å². The fraction of sp³-hybridized carbons (Fsp3) is 0.176. The van der Waals surface area contributed by atoms with Crippen LogP contribution in [0.2, 0.25) is 9.50 Å². The van der Waals surface area contributed by atoms with Crippen molar-refractivity contribution in [1.82, 2.24) is 0 Å². The molecule has 1 heteroatoms. The molecular weight excluding hydrogens is 481 g/mol. The van der Waals surface area contributed by atoms with Gasteiger partial charge in [0.25, 0.3) is 0 Å². The van der Waals surface area contributed by atoms with Crippen molar-refractivity contribution in [1.29, 1.82) is 0 Å². The molecule has 3 aliphatic rings. The average molecular weight is 511 g/mol. The molecule has 0 bridgehead atoms. The van der Waals surface area contributed by atoms with Gasteiger partial charge in [-0.25, -0.2) is 0 Å². The third kappa shape index (κ3) is 3.42. The molecule has 0 aromatic heterocycles. The van der Waals surface area contributed by atoms with Crippen LogP contribution in [0.1, 0.15) is 47.9 Å². The van der Waals surface area contributed by atoms with E-state index in [1.807, 2.05) is 0 Å². The molecule has 0 nitrogen and oxygen atoms in total. The monoisotopic (exact) mass is 512 g/mol. The minimum absolute atomic E-state index is 0.896. The molecule has 0 atom stereocenters. The van der Waals surface area contributed by atoms with Gasteiger partial charge in [-0.1, -0.05) is 0 Å². The topological polar surface area (TPSA) is 0 Å². The summed E-state index contributed by atoms with van der Waals surface area (Å²) in [7, 11) is 0. The van der Waals surface area contributed by atoms with E-state index in [1.54, 1.807) is 8.81 Å². The normalized spacial score (nSPS) is 19.3. The SMILES string of the molecule is c1ccc(C2=[C](c3ccccc3)[Ge]([CH]3CC3)([CH]3CC3)[C](c3ccccc3)=C2c2ccccc2)cc1. The molecule has 0 N–H and O–H groups in total. The first-order chi connectivity index (χ1) is 17.4. The molecule has 0 spiro atoms. The van der Waals surface area contributed by atoms with Crippen LogP contribution in [-0.2, 0) is 0 Å². The summed E-state index contributed by atoms with van der Waals surface area (Å²) in [6.45, 7) is 0. The van der Waals surface area contributed by atoms with Gasteiger partial charge < -0.3 is 0 Å². The molecule has 0 radical (unpaired) electrons. The molecule has 1 heterocycles. The first kappa shape index (κ1) is 21.2. The molecule has 7 rings (SSSR count). The quantitative estimate of drug-likeness (QED) is 0.227. The van der Waals surface area contributed by atoms with Crippen LogP contribution in [0.5, 0.6) is 0 Å². The second kappa shape index (κ2) is 8.53. The molecule has 0 amide bonds. The van der Waals surface area contributed by atoms with Crippen LogP contribution in [-0.4, -0.2) is 13.3 Å². The van der Waals surface area contributed by atoms with Gasteiger partial charge in [0.05, 0.1) is 0 Å². The number of rotatable bonds is 6. The second-order valence-corrected chi connectivity index (χ2v) is 19.6. The van der Waals surface area contributed by atoms with Gasteiger partial charge in [-0.3, -0.25) is 0 Å². The zero-order valence-electron chi connectivity index (χ0n) is 20.0. The molecule has 170 valence electrons. The summed E-state index contributed by atoms with van der Waals surface area (Å²) in [5.41, 5.74) is 8.77. The molecule has 0 saturated heterocycles. The minimum atomic E-state index is -2.78. The summed E-state index contributed by atoms with van der Waals surface area (Å²) in [6, 6.07) is 45.5. The van der Waals surface area contributed by atoms with Crippen molar-refractivity contribution in [3.05, 3.63) is 144 Å². The van der Waals surface area contributed by atoms with Crippen LogP contribution in [0.25, 0.3) is 20.0 Å². The van der Waals surface area contributed by atoms with Gasteiger partial charge in [-0.15, -0.1) is 0 Å². The van der Waals surface area contributed by atoms with Gasteiger partial charge in [0.2, 0.25) is 0 Å². The van der Waals surface area contributed by atoms with Gasteiger partial charge in [-0.05, 0) is 0 Å². The average Bonchev–Trinajstić information content (AvgIpc) is 3.87. The van der Waals surface area contributed by atoms with E-state index < -0.39 is 13.3 Å². The summed E-state index contributed by atoms with van der Waals surface area (Å²) >= 11 is -2.78. The first-order valence-corrected chi connectivity index (χ1v) is 17.6. The van der Waals surface area contributed by atoms with E-state index in [1.165, 1.54) is 59.1 Å². The molecule has 35 heavy (non-hydrogen) atoms. The molecular formula is C34H30Ge. The van der Waals surface area contributed by atoms with E-state index >= 15 is 0 Å². The van der Waals surface area contributed by atoms with E-state index in [9.17, 15) is 0 Å². The maximum atomic E-state index is 2.40. The third-order valence-corrected chi connectivity index (χ3v) is 21.8. The Kier molecular flexibility index (Phi) is 5.17. The summed E-state index contributed by atoms with van der Waals surface area (Å²) in [6.07, 6.45) is 5.64. The molecule has 2 fully saturated rings. The standard InChI is InChI=1S/C34H30Ge/c1-5-13-25(14-6-1)31-32(26-15-7-2-8-16-26)34(28-19-11-4-12-20-28)35(29-21-22-29,30-23-24-30)33(31)27-17-9-3-10-18-27/h1-20,29-30H,21-24H2. The number of hydrogen-bond acceptors (Lipinski definition) is 0. The van der Waals surface area contributed by atoms with Crippen LogP contribution < -0.4 is 0 Å². The zero-order chi connectivity index (χ0) is 23.2. The van der Waals surface area contributed by atoms with Crippen molar-refractivity contribution in [3.63, 3.8) is 0 Å². The van der Waals surface area contributed by atoms with Gasteiger partial charge in [-0.2, -0.15) is 0 Å². The Morgan fingerprint density at radius 2 is 0.657 bits per heavy atom. The predicted molar refractivity (Wildman–Crippen MR) is 151 cm³/mol. The van der Waals surface area contributed by atoms with E-state index in [4.69, 9.17) is 0 Å². The van der Waals surface area contributed by atoms with E-state index in [0.717, 1.165) is 9.50 Å². The molecule has 4 aromatic rings. The number of allylic oxidation sites excluding steroid dienone is 2. The van der Waals surface area contributed by atoms with Crippen LogP contribution in [0.3, 0.4) is 0 Å². The third-order valence-electron chi connectivity index (χ3n) is 8.27. The predicted octanol–water partition coefficient (Wildman–Crippen LogP) is 9.08. The number of hydrogen-bond donors (Lipinski definition) is 0. The Labute approximate surface area is 211 Å². The van der Waals surface area contributed by atoms with Crippen molar-refractivity contribution in [2.45, 2.75) is 35.2 Å². The van der Waals surface area contributed by atoms with Crippen LogP contribution in [0.4, 0.5) is 0 Å². The summed E-state index contributed by atoms with van der Waals surface area (Å²) in [5.74, 6) is 0. The summed E-state index contributed by atoms with van der Waals surface area (Å²) < 4.78 is 5.32. The van der Waals surface area contributed by atoms with Crippen molar-refractivity contribution < 1.29 is 0 Å². The fourth-order valence-corrected chi connectivity index (χ4v) is 22.2. The van der Waals surface area contributed by atoms with Gasteiger partial charge in [0, 0.05) is 0 Å². The van der Waals surface area contributed by atoms with E-state index in [-0.39, 0.29) is 0 Å². The zero-order valence-corrected chi connectivity index (χ0v) is 22.1. The summed E-state index contributed by atoms with van der Waals surface area (Å²) in [5, 5.41) is 0. The molecule has 2 aliphatic carbocycles. The molecule has 1 aliphatic heterocycles. The van der Waals surface area contributed by atoms with E-state index in [0.29, 0.717) is 0 Å². The molecule has 2 saturated carbocycles. The van der Waals surface area contributed by atoms with Crippen molar-refractivity contribution in [2.24, 2.45) is 0 Å². The Hall–Kier alpha value is -3.10. The summed E-state index contributed by atoms with van der Waals surface area (Å²) in [4.78, 5) is 0. The molecule has 0 unspecified atom stereocenters. The Balaban J connectivity index is 1.66. The Morgan fingerprint density at radius 3 is 0.943 bits per heavy atom. The number of benzene rings is 4. The van der Waals surface area contributed by atoms with Gasteiger partial charge >= 0.3 is 212 Å². The van der Waals surface area contributed by atoms with Crippen molar-refractivity contribution >= 4 is 33.2 Å². The van der Waals surface area contributed by atoms with Crippen LogP contribution in [0.15, 0.2) is 121 Å². The Morgan fingerprint density at radius 1 is 0.371 bits per heavy atom. The van der Waals surface area contributed by atoms with Crippen molar-refractivity contribution in [2.75, 3.05) is 0 Å². The maximum absolute atomic E-state index is 2.78. The Bertz CT molecular complexity index is 1290.